The van der Waals surface area contributed by atoms with Crippen molar-refractivity contribution in [2.45, 2.75) is 26.9 Å². The average molecular weight is 829 g/mol. The first-order valence-corrected chi connectivity index (χ1v) is 21.1. The van der Waals surface area contributed by atoms with Crippen molar-refractivity contribution in [2.24, 2.45) is 0 Å². The van der Waals surface area contributed by atoms with Crippen LogP contribution in [0.1, 0.15) is 11.1 Å². The molecule has 0 unspecified atom stereocenters. The first-order chi connectivity index (χ1) is 24.9. The van der Waals surface area contributed by atoms with E-state index in [2.05, 4.69) is 185 Å². The molecule has 0 aromatic heterocycles. The predicted molar refractivity (Wildman–Crippen MR) is 226 cm³/mol. The minimum absolute atomic E-state index is 0. The fourth-order valence-corrected chi connectivity index (χ4v) is 13.9. The molecule has 0 aliphatic carbocycles. The van der Waals surface area contributed by atoms with Gasteiger partial charge in [-0.2, -0.15) is 10.4 Å². The quantitative estimate of drug-likeness (QED) is 0.104. The Bertz CT molecular complexity index is 2720. The predicted octanol–water partition coefficient (Wildman–Crippen LogP) is 6.82. The van der Waals surface area contributed by atoms with Gasteiger partial charge in [0, 0.05) is 8.07 Å². The number of hydrogen-bond acceptors (Lipinski definition) is 0. The van der Waals surface area contributed by atoms with E-state index in [1.807, 2.05) is 0 Å². The second-order valence-corrected chi connectivity index (χ2v) is 19.2. The third-order valence-electron chi connectivity index (χ3n) is 11.6. The Morgan fingerprint density at radius 3 is 1.06 bits per heavy atom. The van der Waals surface area contributed by atoms with Gasteiger partial charge in [-0.1, -0.05) is 147 Å². The van der Waals surface area contributed by atoms with Gasteiger partial charge in [-0.3, -0.25) is 0 Å². The maximum atomic E-state index is 2.60. The number of benzene rings is 8. The van der Waals surface area contributed by atoms with Crippen LogP contribution in [0.2, 0.25) is 13.1 Å². The first kappa shape index (κ1) is 38.0. The zero-order valence-electron chi connectivity index (χ0n) is 30.8. The molecule has 0 spiro atoms. The monoisotopic (exact) mass is 826 g/mol. The zero-order valence-corrected chi connectivity index (χ0v) is 35.7. The largest absolute Gasteiger partial charge is 4.00 e. The van der Waals surface area contributed by atoms with Gasteiger partial charge in [0.1, 0.15) is 0 Å². The van der Waals surface area contributed by atoms with Crippen molar-refractivity contribution < 1.29 is 51.0 Å². The Balaban J connectivity index is 0.00000150. The summed E-state index contributed by atoms with van der Waals surface area (Å²) in [6.07, 6.45) is 0. The summed E-state index contributed by atoms with van der Waals surface area (Å²) in [6.45, 7) is 9.92. The van der Waals surface area contributed by atoms with E-state index in [1.54, 1.807) is 10.4 Å². The summed E-state index contributed by atoms with van der Waals surface area (Å²) < 4.78 is 0. The van der Waals surface area contributed by atoms with E-state index in [0.29, 0.717) is 0 Å². The smallest absolute Gasteiger partial charge is 1.00 e. The number of rotatable bonds is 4. The SMILES string of the molecule is Cc1[cH-]c2cccc(-c3c4ccccc4cc4ccccc34)c2c1[Si](C)(C)c1c(C)[cH-]c2cccc(-c3c4ccccc4cc4ccccc34)c12.[Cl-].[Cl-].[Zr+4]. The molecular weight excluding hydrogens is 791 g/mol. The average Bonchev–Trinajstić information content (AvgIpc) is 3.69. The Labute approximate surface area is 349 Å². The summed E-state index contributed by atoms with van der Waals surface area (Å²) in [7, 11) is -2.37. The summed E-state index contributed by atoms with van der Waals surface area (Å²) in [4.78, 5) is 0. The van der Waals surface area contributed by atoms with Gasteiger partial charge >= 0.3 is 26.2 Å². The van der Waals surface area contributed by atoms with E-state index < -0.39 is 8.07 Å². The zero-order chi connectivity index (χ0) is 34.4. The van der Waals surface area contributed by atoms with Crippen LogP contribution in [0.15, 0.2) is 158 Å². The molecule has 10 aromatic carbocycles. The van der Waals surface area contributed by atoms with Crippen molar-refractivity contribution in [3.05, 3.63) is 169 Å². The van der Waals surface area contributed by atoms with E-state index in [1.165, 1.54) is 98.0 Å². The molecule has 0 amide bonds. The Hall–Kier alpha value is -4.30. The van der Waals surface area contributed by atoms with Crippen LogP contribution in [-0.2, 0) is 26.2 Å². The molecule has 0 heterocycles. The van der Waals surface area contributed by atoms with Crippen molar-refractivity contribution in [3.8, 4) is 22.3 Å². The Kier molecular flexibility index (Phi) is 10.1. The summed E-state index contributed by atoms with van der Waals surface area (Å²) >= 11 is 0. The van der Waals surface area contributed by atoms with Crippen LogP contribution in [0.3, 0.4) is 0 Å². The van der Waals surface area contributed by atoms with Crippen LogP contribution in [0.4, 0.5) is 0 Å². The van der Waals surface area contributed by atoms with Gasteiger partial charge in [0.05, 0.1) is 0 Å². The molecule has 0 saturated heterocycles. The Morgan fingerprint density at radius 2 is 0.722 bits per heavy atom. The fourth-order valence-electron chi connectivity index (χ4n) is 9.70. The van der Waals surface area contributed by atoms with Gasteiger partial charge in [-0.05, 0) is 66.3 Å². The summed E-state index contributed by atoms with van der Waals surface area (Å²) in [5, 5.41) is 19.0. The molecule has 4 heteroatoms. The first-order valence-electron chi connectivity index (χ1n) is 18.1. The molecule has 260 valence electrons. The molecule has 0 N–H and O–H groups in total. The third-order valence-corrected chi connectivity index (χ3v) is 15.3. The van der Waals surface area contributed by atoms with Crippen molar-refractivity contribution in [1.82, 2.24) is 0 Å². The molecule has 0 saturated carbocycles. The van der Waals surface area contributed by atoms with E-state index in [-0.39, 0.29) is 51.0 Å². The molecule has 0 atom stereocenters. The number of halogens is 2. The van der Waals surface area contributed by atoms with Crippen LogP contribution in [-0.4, -0.2) is 8.07 Å². The number of aryl methyl sites for hydroxylation is 2. The maximum Gasteiger partial charge on any atom is 4.00 e. The summed E-state index contributed by atoms with van der Waals surface area (Å²) in [5.41, 5.74) is 8.19. The van der Waals surface area contributed by atoms with Crippen LogP contribution < -0.4 is 35.2 Å². The van der Waals surface area contributed by atoms with Crippen LogP contribution >= 0.6 is 0 Å². The van der Waals surface area contributed by atoms with Gasteiger partial charge in [0.2, 0.25) is 0 Å². The number of hydrogen-bond donors (Lipinski definition) is 0. The second kappa shape index (κ2) is 14.4. The number of fused-ring (bicyclic) bond motifs is 6. The van der Waals surface area contributed by atoms with Crippen molar-refractivity contribution in [2.75, 3.05) is 0 Å². The molecule has 0 fully saturated rings. The summed E-state index contributed by atoms with van der Waals surface area (Å²) in [5.74, 6) is 0. The van der Waals surface area contributed by atoms with Gasteiger partial charge in [0.15, 0.2) is 0 Å². The van der Waals surface area contributed by atoms with Crippen LogP contribution in [0.25, 0.3) is 86.9 Å². The molecule has 54 heavy (non-hydrogen) atoms. The molecule has 0 aliphatic rings. The molecule has 10 rings (SSSR count). The van der Waals surface area contributed by atoms with Crippen LogP contribution in [0.5, 0.6) is 0 Å². The second-order valence-electron chi connectivity index (χ2n) is 15.0. The maximum absolute atomic E-state index is 2.60. The third kappa shape index (κ3) is 5.65. The van der Waals surface area contributed by atoms with Crippen molar-refractivity contribution in [3.63, 3.8) is 0 Å². The van der Waals surface area contributed by atoms with E-state index in [4.69, 9.17) is 0 Å². The molecule has 0 bridgehead atoms. The van der Waals surface area contributed by atoms with E-state index >= 15 is 0 Å². The summed E-state index contributed by atoms with van der Waals surface area (Å²) in [6, 6.07) is 59.3. The van der Waals surface area contributed by atoms with Gasteiger partial charge in [0.25, 0.3) is 0 Å². The molecular formula is C50H38Cl2SiZr. The van der Waals surface area contributed by atoms with Crippen molar-refractivity contribution >= 4 is 83.1 Å². The molecule has 0 radical (unpaired) electrons. The standard InChI is InChI=1S/C50H38Si.2ClH.Zr/c1-31-27-37-19-13-25-43(47-39-21-9-5-15-33(39)29-34-16-6-10-22-40(34)47)45(37)49(31)51(3,4)50-32(2)28-38-20-14-26-44(46(38)50)48-41-23-11-7-17-35(41)30-36-18-8-12-24-42(36)48;;;/h5-30H,1-4H3;2*1H;/q-2;;;+4/p-2. The van der Waals surface area contributed by atoms with E-state index in [0.717, 1.165) is 0 Å². The topological polar surface area (TPSA) is 0 Å². The van der Waals surface area contributed by atoms with E-state index in [9.17, 15) is 0 Å². The van der Waals surface area contributed by atoms with Gasteiger partial charge in [-0.15, -0.1) is 69.1 Å². The van der Waals surface area contributed by atoms with Crippen molar-refractivity contribution in [1.29, 1.82) is 0 Å². The molecule has 0 aliphatic heterocycles. The normalized spacial score (nSPS) is 11.6. The minimum Gasteiger partial charge on any atom is -1.00 e. The Morgan fingerprint density at radius 1 is 0.407 bits per heavy atom. The molecule has 0 nitrogen and oxygen atoms in total. The minimum atomic E-state index is -2.37. The van der Waals surface area contributed by atoms with Gasteiger partial charge < -0.3 is 24.8 Å². The van der Waals surface area contributed by atoms with Crippen LogP contribution in [0, 0.1) is 13.8 Å². The van der Waals surface area contributed by atoms with Gasteiger partial charge in [-0.25, -0.2) is 0 Å². The fraction of sp³-hybridized carbons (Fsp3) is 0.0800. The molecule has 10 aromatic rings.